The summed E-state index contributed by atoms with van der Waals surface area (Å²) in [5.41, 5.74) is 0. The lowest BCUT2D eigenvalue weighted by Crippen LogP contribution is -2.13. The fourth-order valence-corrected chi connectivity index (χ4v) is 0.559. The number of halogens is 1. The molecule has 1 aromatic rings. The molecule has 0 saturated heterocycles. The van der Waals surface area contributed by atoms with Gasteiger partial charge in [0.15, 0.2) is 0 Å². The Labute approximate surface area is 67.5 Å². The van der Waals surface area contributed by atoms with Crippen molar-refractivity contribution < 1.29 is 4.79 Å². The van der Waals surface area contributed by atoms with Crippen LogP contribution in [0.25, 0.3) is 0 Å². The highest BCUT2D eigenvalue weighted by molar-refractivity contribution is 6.28. The molecule has 0 fully saturated rings. The summed E-state index contributed by atoms with van der Waals surface area (Å²) in [4.78, 5) is 11.9. The SMILES string of the molecule is Cn1nnc(NC(=O)CCl)n1. The molecule has 0 aromatic carbocycles. The summed E-state index contributed by atoms with van der Waals surface area (Å²) < 4.78 is 0. The number of aryl methyl sites for hydroxylation is 1. The molecule has 0 bridgehead atoms. The lowest BCUT2D eigenvalue weighted by atomic mass is 10.7. The summed E-state index contributed by atoms with van der Waals surface area (Å²) in [6.45, 7) is 0. The third kappa shape index (κ3) is 2.15. The van der Waals surface area contributed by atoms with Gasteiger partial charge in [0.1, 0.15) is 5.88 Å². The molecule has 1 amide bonds. The van der Waals surface area contributed by atoms with Gasteiger partial charge in [0.2, 0.25) is 5.91 Å². The summed E-state index contributed by atoms with van der Waals surface area (Å²) in [6.07, 6.45) is 0. The average Bonchev–Trinajstić information content (AvgIpc) is 2.35. The van der Waals surface area contributed by atoms with Crippen LogP contribution >= 0.6 is 11.6 Å². The maximum absolute atomic E-state index is 10.6. The van der Waals surface area contributed by atoms with Gasteiger partial charge in [-0.15, -0.1) is 16.7 Å². The van der Waals surface area contributed by atoms with Gasteiger partial charge in [-0.2, -0.15) is 4.80 Å². The number of aromatic nitrogens is 4. The van der Waals surface area contributed by atoms with Gasteiger partial charge < -0.3 is 0 Å². The zero-order chi connectivity index (χ0) is 8.27. The molecule has 0 spiro atoms. The van der Waals surface area contributed by atoms with E-state index in [1.165, 1.54) is 4.80 Å². The standard InChI is InChI=1S/C4H6ClN5O/c1-10-8-4(7-9-10)6-3(11)2-5/h2H2,1H3,(H,6,8,11). The largest absolute Gasteiger partial charge is 0.291 e. The van der Waals surface area contributed by atoms with Crippen LogP contribution in [0.2, 0.25) is 0 Å². The number of carbonyl (C=O) groups is 1. The van der Waals surface area contributed by atoms with Crippen molar-refractivity contribution in [2.45, 2.75) is 0 Å². The van der Waals surface area contributed by atoms with Gasteiger partial charge in [-0.3, -0.25) is 10.1 Å². The second-order valence-corrected chi connectivity index (χ2v) is 2.05. The average molecular weight is 176 g/mol. The van der Waals surface area contributed by atoms with Crippen molar-refractivity contribution in [3.05, 3.63) is 0 Å². The van der Waals surface area contributed by atoms with E-state index in [4.69, 9.17) is 11.6 Å². The molecule has 6 nitrogen and oxygen atoms in total. The van der Waals surface area contributed by atoms with E-state index >= 15 is 0 Å². The van der Waals surface area contributed by atoms with Crippen molar-refractivity contribution in [2.24, 2.45) is 7.05 Å². The first-order chi connectivity index (χ1) is 5.22. The second kappa shape index (κ2) is 3.29. The second-order valence-electron chi connectivity index (χ2n) is 1.78. The van der Waals surface area contributed by atoms with Gasteiger partial charge in [-0.25, -0.2) is 0 Å². The van der Waals surface area contributed by atoms with E-state index in [1.54, 1.807) is 7.05 Å². The van der Waals surface area contributed by atoms with E-state index in [9.17, 15) is 4.79 Å². The first-order valence-electron chi connectivity index (χ1n) is 2.82. The summed E-state index contributed by atoms with van der Waals surface area (Å²) in [5.74, 6) is -0.295. The predicted octanol–water partition coefficient (Wildman–Crippen LogP) is -0.613. The van der Waals surface area contributed by atoms with Crippen molar-refractivity contribution in [3.63, 3.8) is 0 Å². The molecule has 60 valence electrons. The number of amides is 1. The fourth-order valence-electron chi connectivity index (χ4n) is 0.492. The quantitative estimate of drug-likeness (QED) is 0.609. The molecule has 0 aliphatic heterocycles. The molecule has 7 heteroatoms. The minimum Gasteiger partial charge on any atom is -0.291 e. The minimum atomic E-state index is -0.348. The Hall–Kier alpha value is -1.17. The number of nitrogens with one attached hydrogen (secondary N) is 1. The summed E-state index contributed by atoms with van der Waals surface area (Å²) in [7, 11) is 1.60. The molecular formula is C4H6ClN5O. The Balaban J connectivity index is 2.57. The molecule has 11 heavy (non-hydrogen) atoms. The highest BCUT2D eigenvalue weighted by atomic mass is 35.5. The lowest BCUT2D eigenvalue weighted by molar-refractivity contribution is -0.114. The summed E-state index contributed by atoms with van der Waals surface area (Å²) >= 11 is 5.21. The molecule has 1 heterocycles. The van der Waals surface area contributed by atoms with E-state index in [0.29, 0.717) is 0 Å². The Morgan fingerprint density at radius 2 is 2.55 bits per heavy atom. The van der Waals surface area contributed by atoms with E-state index in [-0.39, 0.29) is 17.7 Å². The lowest BCUT2D eigenvalue weighted by Gasteiger charge is -1.92. The Kier molecular flexibility index (Phi) is 2.37. The molecule has 0 unspecified atom stereocenters. The van der Waals surface area contributed by atoms with E-state index in [2.05, 4.69) is 20.7 Å². The van der Waals surface area contributed by atoms with Crippen LogP contribution in [0.5, 0.6) is 0 Å². The molecule has 0 aliphatic carbocycles. The summed E-state index contributed by atoms with van der Waals surface area (Å²) in [5, 5.41) is 13.1. The molecular weight excluding hydrogens is 170 g/mol. The van der Waals surface area contributed by atoms with Gasteiger partial charge in [-0.05, 0) is 5.21 Å². The maximum Gasteiger partial charge on any atom is 0.270 e. The van der Waals surface area contributed by atoms with E-state index in [0.717, 1.165) is 0 Å². The number of hydrogen-bond acceptors (Lipinski definition) is 4. The Bertz CT molecular complexity index is 259. The maximum atomic E-state index is 10.6. The van der Waals surface area contributed by atoms with Crippen molar-refractivity contribution in [1.29, 1.82) is 0 Å². The Morgan fingerprint density at radius 3 is 3.00 bits per heavy atom. The molecule has 1 rings (SSSR count). The molecule has 0 radical (unpaired) electrons. The topological polar surface area (TPSA) is 72.7 Å². The van der Waals surface area contributed by atoms with Crippen LogP contribution in [-0.2, 0) is 11.8 Å². The van der Waals surface area contributed by atoms with Crippen LogP contribution in [0, 0.1) is 0 Å². The first kappa shape index (κ1) is 7.93. The van der Waals surface area contributed by atoms with Crippen LogP contribution in [0.15, 0.2) is 0 Å². The Morgan fingerprint density at radius 1 is 1.82 bits per heavy atom. The number of nitrogens with zero attached hydrogens (tertiary/aromatic N) is 4. The fraction of sp³-hybridized carbons (Fsp3) is 0.500. The number of rotatable bonds is 2. The van der Waals surface area contributed by atoms with Crippen LogP contribution in [-0.4, -0.2) is 32.0 Å². The summed E-state index contributed by atoms with van der Waals surface area (Å²) in [6, 6.07) is 0. The van der Waals surface area contributed by atoms with Crippen molar-refractivity contribution >= 4 is 23.5 Å². The highest BCUT2D eigenvalue weighted by Gasteiger charge is 2.03. The van der Waals surface area contributed by atoms with Gasteiger partial charge in [0, 0.05) is 0 Å². The van der Waals surface area contributed by atoms with Crippen molar-refractivity contribution in [3.8, 4) is 0 Å². The smallest absolute Gasteiger partial charge is 0.270 e. The van der Waals surface area contributed by atoms with Gasteiger partial charge in [0.25, 0.3) is 5.95 Å². The highest BCUT2D eigenvalue weighted by Crippen LogP contribution is 1.91. The number of hydrogen-bond donors (Lipinski definition) is 1. The molecule has 0 atom stereocenters. The molecule has 1 N–H and O–H groups in total. The zero-order valence-corrected chi connectivity index (χ0v) is 6.54. The van der Waals surface area contributed by atoms with Crippen LogP contribution in [0.3, 0.4) is 0 Å². The van der Waals surface area contributed by atoms with Gasteiger partial charge in [-0.1, -0.05) is 5.10 Å². The van der Waals surface area contributed by atoms with Gasteiger partial charge in [0.05, 0.1) is 7.05 Å². The number of alkyl halides is 1. The van der Waals surface area contributed by atoms with Gasteiger partial charge >= 0.3 is 0 Å². The van der Waals surface area contributed by atoms with E-state index < -0.39 is 0 Å². The monoisotopic (exact) mass is 175 g/mol. The van der Waals surface area contributed by atoms with Crippen LogP contribution in [0.1, 0.15) is 0 Å². The molecule has 0 saturated carbocycles. The van der Waals surface area contributed by atoms with Crippen LogP contribution < -0.4 is 5.32 Å². The number of tetrazole rings is 1. The minimum absolute atomic E-state index is 0.113. The predicted molar refractivity (Wildman–Crippen MR) is 38.1 cm³/mol. The number of carbonyl (C=O) groups excluding carboxylic acids is 1. The van der Waals surface area contributed by atoms with Crippen LogP contribution in [0.4, 0.5) is 5.95 Å². The first-order valence-corrected chi connectivity index (χ1v) is 3.35. The third-order valence-corrected chi connectivity index (χ3v) is 1.12. The van der Waals surface area contributed by atoms with Crippen molar-refractivity contribution in [2.75, 3.05) is 11.2 Å². The van der Waals surface area contributed by atoms with Crippen molar-refractivity contribution in [1.82, 2.24) is 20.2 Å². The molecule has 0 aliphatic rings. The number of anilines is 1. The van der Waals surface area contributed by atoms with E-state index in [1.807, 2.05) is 0 Å². The molecule has 1 aromatic heterocycles. The normalized spacial score (nSPS) is 9.64. The third-order valence-electron chi connectivity index (χ3n) is 0.881. The zero-order valence-electron chi connectivity index (χ0n) is 5.78.